The second-order valence-corrected chi connectivity index (χ2v) is 4.73. The SMILES string of the molecule is CCC(CC)c1cc(CN=C(N)NC(C)C)on1. The molecule has 0 radical (unpaired) electrons. The Labute approximate surface area is 109 Å². The van der Waals surface area contributed by atoms with Crippen molar-refractivity contribution < 1.29 is 4.52 Å². The van der Waals surface area contributed by atoms with Crippen LogP contribution in [0.2, 0.25) is 0 Å². The molecule has 1 heterocycles. The number of aromatic nitrogens is 1. The normalized spacial score (nSPS) is 12.4. The lowest BCUT2D eigenvalue weighted by molar-refractivity contribution is 0.372. The summed E-state index contributed by atoms with van der Waals surface area (Å²) in [5, 5.41) is 7.12. The summed E-state index contributed by atoms with van der Waals surface area (Å²) >= 11 is 0. The van der Waals surface area contributed by atoms with Crippen LogP contribution in [0.4, 0.5) is 0 Å². The summed E-state index contributed by atoms with van der Waals surface area (Å²) in [5.74, 6) is 1.66. The van der Waals surface area contributed by atoms with Gasteiger partial charge >= 0.3 is 0 Å². The molecule has 1 aromatic heterocycles. The summed E-state index contributed by atoms with van der Waals surface area (Å²) in [6, 6.07) is 2.26. The third kappa shape index (κ3) is 4.39. The summed E-state index contributed by atoms with van der Waals surface area (Å²) < 4.78 is 5.26. The fourth-order valence-corrected chi connectivity index (χ4v) is 1.81. The highest BCUT2D eigenvalue weighted by Crippen LogP contribution is 2.22. The van der Waals surface area contributed by atoms with Crippen molar-refractivity contribution in [2.45, 2.75) is 59.0 Å². The molecule has 102 valence electrons. The maximum atomic E-state index is 5.72. The molecule has 3 N–H and O–H groups in total. The second-order valence-electron chi connectivity index (χ2n) is 4.73. The Kier molecular flexibility index (Phi) is 5.68. The van der Waals surface area contributed by atoms with E-state index in [1.807, 2.05) is 19.9 Å². The minimum atomic E-state index is 0.281. The summed E-state index contributed by atoms with van der Waals surface area (Å²) in [4.78, 5) is 4.21. The van der Waals surface area contributed by atoms with Crippen molar-refractivity contribution in [1.29, 1.82) is 0 Å². The molecule has 0 unspecified atom stereocenters. The summed E-state index contributed by atoms with van der Waals surface area (Å²) in [7, 11) is 0. The van der Waals surface area contributed by atoms with Crippen LogP contribution in [0.1, 0.15) is 57.9 Å². The molecule has 0 amide bonds. The summed E-state index contributed by atoms with van der Waals surface area (Å²) in [5.41, 5.74) is 6.73. The molecule has 5 nitrogen and oxygen atoms in total. The Balaban J connectivity index is 2.59. The van der Waals surface area contributed by atoms with Crippen molar-refractivity contribution in [3.63, 3.8) is 0 Å². The summed E-state index contributed by atoms with van der Waals surface area (Å²) in [6.45, 7) is 8.78. The first kappa shape index (κ1) is 14.5. The second kappa shape index (κ2) is 7.03. The van der Waals surface area contributed by atoms with Crippen LogP contribution in [-0.4, -0.2) is 17.2 Å². The lowest BCUT2D eigenvalue weighted by Gasteiger charge is -2.07. The van der Waals surface area contributed by atoms with Crippen molar-refractivity contribution in [2.24, 2.45) is 10.7 Å². The Morgan fingerprint density at radius 3 is 2.67 bits per heavy atom. The topological polar surface area (TPSA) is 76.4 Å². The number of hydrogen-bond acceptors (Lipinski definition) is 3. The van der Waals surface area contributed by atoms with Gasteiger partial charge in [-0.3, -0.25) is 0 Å². The zero-order valence-corrected chi connectivity index (χ0v) is 11.7. The largest absolute Gasteiger partial charge is 0.370 e. The molecule has 5 heteroatoms. The Morgan fingerprint density at radius 1 is 1.44 bits per heavy atom. The van der Waals surface area contributed by atoms with Gasteiger partial charge in [0.05, 0.1) is 5.69 Å². The number of nitrogens with one attached hydrogen (secondary N) is 1. The van der Waals surface area contributed by atoms with E-state index in [0.717, 1.165) is 24.3 Å². The van der Waals surface area contributed by atoms with Crippen LogP contribution in [0.25, 0.3) is 0 Å². The Morgan fingerprint density at radius 2 is 2.11 bits per heavy atom. The van der Waals surface area contributed by atoms with Crippen molar-refractivity contribution in [1.82, 2.24) is 10.5 Å². The third-order valence-electron chi connectivity index (χ3n) is 2.82. The van der Waals surface area contributed by atoms with Crippen LogP contribution in [0.15, 0.2) is 15.6 Å². The van der Waals surface area contributed by atoms with Crippen LogP contribution in [-0.2, 0) is 6.54 Å². The molecule has 0 spiro atoms. The highest BCUT2D eigenvalue weighted by molar-refractivity contribution is 5.77. The van der Waals surface area contributed by atoms with Gasteiger partial charge in [-0.15, -0.1) is 0 Å². The predicted octanol–water partition coefficient (Wildman–Crippen LogP) is 2.39. The number of hydrogen-bond donors (Lipinski definition) is 2. The smallest absolute Gasteiger partial charge is 0.189 e. The molecule has 0 atom stereocenters. The van der Waals surface area contributed by atoms with Gasteiger partial charge in [-0.1, -0.05) is 19.0 Å². The standard InChI is InChI=1S/C13H24N4O/c1-5-10(6-2)12-7-11(18-17-12)8-15-13(14)16-9(3)4/h7,9-10H,5-6,8H2,1-4H3,(H3,14,15,16). The molecule has 0 aliphatic rings. The fraction of sp³-hybridized carbons (Fsp3) is 0.692. The van der Waals surface area contributed by atoms with Crippen LogP contribution < -0.4 is 11.1 Å². The zero-order valence-electron chi connectivity index (χ0n) is 11.7. The van der Waals surface area contributed by atoms with E-state index in [-0.39, 0.29) is 6.04 Å². The molecule has 0 saturated heterocycles. The van der Waals surface area contributed by atoms with E-state index in [4.69, 9.17) is 10.3 Å². The highest BCUT2D eigenvalue weighted by atomic mass is 16.5. The van der Waals surface area contributed by atoms with Gasteiger partial charge in [0.25, 0.3) is 0 Å². The highest BCUT2D eigenvalue weighted by Gasteiger charge is 2.12. The Hall–Kier alpha value is -1.52. The van der Waals surface area contributed by atoms with E-state index in [1.165, 1.54) is 0 Å². The van der Waals surface area contributed by atoms with Crippen molar-refractivity contribution in [3.05, 3.63) is 17.5 Å². The van der Waals surface area contributed by atoms with Gasteiger partial charge in [0, 0.05) is 18.0 Å². The third-order valence-corrected chi connectivity index (χ3v) is 2.82. The minimum absolute atomic E-state index is 0.281. The van der Waals surface area contributed by atoms with Crippen LogP contribution in [0.3, 0.4) is 0 Å². The molecule has 0 aliphatic carbocycles. The fourth-order valence-electron chi connectivity index (χ4n) is 1.81. The molecule has 0 bridgehead atoms. The van der Waals surface area contributed by atoms with E-state index in [2.05, 4.69) is 29.3 Å². The van der Waals surface area contributed by atoms with Gasteiger partial charge in [-0.2, -0.15) is 0 Å². The van der Waals surface area contributed by atoms with Crippen LogP contribution >= 0.6 is 0 Å². The van der Waals surface area contributed by atoms with E-state index in [1.54, 1.807) is 0 Å². The molecule has 0 fully saturated rings. The minimum Gasteiger partial charge on any atom is -0.370 e. The molecule has 1 aromatic rings. The average molecular weight is 252 g/mol. The lowest BCUT2D eigenvalue weighted by atomic mass is 9.99. The van der Waals surface area contributed by atoms with E-state index in [9.17, 15) is 0 Å². The number of aliphatic imine (C=N–C) groups is 1. The first-order chi connectivity index (χ1) is 8.56. The van der Waals surface area contributed by atoms with Gasteiger partial charge in [-0.25, -0.2) is 4.99 Å². The van der Waals surface area contributed by atoms with Crippen molar-refractivity contribution >= 4 is 5.96 Å². The first-order valence-electron chi connectivity index (χ1n) is 6.58. The maximum Gasteiger partial charge on any atom is 0.189 e. The molecule has 0 aliphatic heterocycles. The predicted molar refractivity (Wildman–Crippen MR) is 73.4 cm³/mol. The van der Waals surface area contributed by atoms with Crippen molar-refractivity contribution in [2.75, 3.05) is 0 Å². The zero-order chi connectivity index (χ0) is 13.5. The van der Waals surface area contributed by atoms with Crippen LogP contribution in [0.5, 0.6) is 0 Å². The molecular weight excluding hydrogens is 228 g/mol. The monoisotopic (exact) mass is 252 g/mol. The van der Waals surface area contributed by atoms with E-state index >= 15 is 0 Å². The quantitative estimate of drug-likeness (QED) is 0.602. The molecule has 0 aromatic carbocycles. The van der Waals surface area contributed by atoms with Gasteiger partial charge in [-0.05, 0) is 26.7 Å². The maximum absolute atomic E-state index is 5.72. The number of guanidine groups is 1. The lowest BCUT2D eigenvalue weighted by Crippen LogP contribution is -2.36. The van der Waals surface area contributed by atoms with Gasteiger partial charge in [0.2, 0.25) is 0 Å². The number of rotatable bonds is 6. The van der Waals surface area contributed by atoms with Gasteiger partial charge in [0.1, 0.15) is 6.54 Å². The molecular formula is C13H24N4O. The Bertz CT molecular complexity index is 380. The molecule has 0 saturated carbocycles. The van der Waals surface area contributed by atoms with E-state index < -0.39 is 0 Å². The number of nitrogens with two attached hydrogens (primary N) is 1. The van der Waals surface area contributed by atoms with Crippen molar-refractivity contribution in [3.8, 4) is 0 Å². The van der Waals surface area contributed by atoms with Crippen LogP contribution in [0, 0.1) is 0 Å². The average Bonchev–Trinajstić information content (AvgIpc) is 2.76. The van der Waals surface area contributed by atoms with Gasteiger partial charge in [0.15, 0.2) is 11.7 Å². The molecule has 1 rings (SSSR count). The van der Waals surface area contributed by atoms with Gasteiger partial charge < -0.3 is 15.6 Å². The van der Waals surface area contributed by atoms with E-state index in [0.29, 0.717) is 18.4 Å². The molecule has 18 heavy (non-hydrogen) atoms. The summed E-state index contributed by atoms with van der Waals surface area (Å²) in [6.07, 6.45) is 2.14. The first-order valence-corrected chi connectivity index (χ1v) is 6.58. The number of nitrogens with zero attached hydrogens (tertiary/aromatic N) is 2.